The van der Waals surface area contributed by atoms with Crippen LogP contribution in [0, 0.1) is 24.0 Å². The van der Waals surface area contributed by atoms with E-state index in [-0.39, 0.29) is 23.0 Å². The number of aromatic amines is 1. The molecule has 3 N–H and O–H groups in total. The molecule has 0 atom stereocenters. The summed E-state index contributed by atoms with van der Waals surface area (Å²) in [5.41, 5.74) is 1.38. The van der Waals surface area contributed by atoms with E-state index in [0.717, 1.165) is 0 Å². The van der Waals surface area contributed by atoms with Gasteiger partial charge in [-0.05, 0) is 43.7 Å². The first-order valence-corrected chi connectivity index (χ1v) is 8.35. The molecule has 0 aliphatic rings. The second-order valence-corrected chi connectivity index (χ2v) is 6.06. The highest BCUT2D eigenvalue weighted by Crippen LogP contribution is 2.24. The minimum atomic E-state index is -0.736. The van der Waals surface area contributed by atoms with Gasteiger partial charge in [0.05, 0.1) is 4.92 Å². The number of anilines is 2. The number of hydrogen-bond acceptors (Lipinski definition) is 5. The van der Waals surface area contributed by atoms with E-state index in [1.54, 1.807) is 49.4 Å². The number of nitro groups is 1. The van der Waals surface area contributed by atoms with Crippen molar-refractivity contribution in [2.24, 2.45) is 0 Å². The van der Waals surface area contributed by atoms with Gasteiger partial charge in [-0.15, -0.1) is 0 Å². The molecule has 0 unspecified atom stereocenters. The fourth-order valence-corrected chi connectivity index (χ4v) is 2.72. The molecule has 0 aliphatic carbocycles. The van der Waals surface area contributed by atoms with Gasteiger partial charge in [0.1, 0.15) is 5.69 Å². The van der Waals surface area contributed by atoms with Crippen LogP contribution in [0.1, 0.15) is 32.1 Å². The van der Waals surface area contributed by atoms with Crippen molar-refractivity contribution in [3.63, 3.8) is 0 Å². The minimum Gasteiger partial charge on any atom is -0.322 e. The van der Waals surface area contributed by atoms with E-state index in [9.17, 15) is 19.7 Å². The maximum Gasteiger partial charge on any atom is 0.322 e. The summed E-state index contributed by atoms with van der Waals surface area (Å²) in [7, 11) is 0. The summed E-state index contributed by atoms with van der Waals surface area (Å²) >= 11 is 0. The highest BCUT2D eigenvalue weighted by Gasteiger charge is 2.27. The van der Waals surface area contributed by atoms with Crippen molar-refractivity contribution in [3.05, 3.63) is 81.2 Å². The zero-order valence-electron chi connectivity index (χ0n) is 15.1. The SMILES string of the molecule is Cc1[nH]nc(C(=O)Nc2cccc(C(=O)Nc3ccccc3)c2C)c1[N+](=O)[O-]. The Kier molecular flexibility index (Phi) is 5.16. The number of rotatable bonds is 5. The van der Waals surface area contributed by atoms with Gasteiger partial charge >= 0.3 is 5.69 Å². The van der Waals surface area contributed by atoms with E-state index in [1.807, 2.05) is 6.07 Å². The van der Waals surface area contributed by atoms with E-state index in [2.05, 4.69) is 20.8 Å². The number of carbonyl (C=O) groups excluding carboxylic acids is 2. The third-order valence-corrected chi connectivity index (χ3v) is 4.17. The van der Waals surface area contributed by atoms with Crippen LogP contribution in [0.15, 0.2) is 48.5 Å². The van der Waals surface area contributed by atoms with Crippen molar-refractivity contribution in [3.8, 4) is 0 Å². The molecule has 0 radical (unpaired) electrons. The number of carbonyl (C=O) groups is 2. The van der Waals surface area contributed by atoms with E-state index in [4.69, 9.17) is 0 Å². The third kappa shape index (κ3) is 3.73. The molecule has 1 heterocycles. The lowest BCUT2D eigenvalue weighted by molar-refractivity contribution is -0.385. The first kappa shape index (κ1) is 18.8. The van der Waals surface area contributed by atoms with Gasteiger partial charge in [0, 0.05) is 16.9 Å². The van der Waals surface area contributed by atoms with Gasteiger partial charge in [0.15, 0.2) is 0 Å². The molecule has 0 bridgehead atoms. The van der Waals surface area contributed by atoms with Crippen LogP contribution in [0.2, 0.25) is 0 Å². The number of aromatic nitrogens is 2. The summed E-state index contributed by atoms with van der Waals surface area (Å²) in [6, 6.07) is 13.8. The molecule has 9 heteroatoms. The number of hydrogen-bond donors (Lipinski definition) is 3. The fourth-order valence-electron chi connectivity index (χ4n) is 2.72. The molecule has 9 nitrogen and oxygen atoms in total. The summed E-state index contributed by atoms with van der Waals surface area (Å²) in [4.78, 5) is 35.5. The Morgan fingerprint density at radius 1 is 1.00 bits per heavy atom. The van der Waals surface area contributed by atoms with Crippen LogP contribution in [-0.2, 0) is 0 Å². The number of amides is 2. The summed E-state index contributed by atoms with van der Waals surface area (Å²) in [5, 5.41) is 22.7. The predicted octanol–water partition coefficient (Wildman–Crippen LogP) is 3.44. The topological polar surface area (TPSA) is 130 Å². The van der Waals surface area contributed by atoms with E-state index < -0.39 is 10.8 Å². The van der Waals surface area contributed by atoms with Gasteiger partial charge in [-0.1, -0.05) is 24.3 Å². The smallest absolute Gasteiger partial charge is 0.322 e. The molecule has 28 heavy (non-hydrogen) atoms. The van der Waals surface area contributed by atoms with Crippen molar-refractivity contribution in [1.82, 2.24) is 10.2 Å². The maximum atomic E-state index is 12.6. The summed E-state index contributed by atoms with van der Waals surface area (Å²) in [6.07, 6.45) is 0. The van der Waals surface area contributed by atoms with Gasteiger partial charge in [0.25, 0.3) is 11.8 Å². The van der Waals surface area contributed by atoms with Crippen LogP contribution in [0.25, 0.3) is 0 Å². The molecule has 3 aromatic rings. The first-order valence-electron chi connectivity index (χ1n) is 8.35. The zero-order chi connectivity index (χ0) is 20.3. The standard InChI is InChI=1S/C19H17N5O4/c1-11-14(18(25)20-13-7-4-3-5-8-13)9-6-10-15(11)21-19(26)16-17(24(27)28)12(2)22-23-16/h3-10H,1-2H3,(H,20,25)(H,21,26)(H,22,23). The monoisotopic (exact) mass is 379 g/mol. The Hall–Kier alpha value is -4.01. The minimum absolute atomic E-state index is 0.183. The first-order chi connectivity index (χ1) is 13.4. The van der Waals surface area contributed by atoms with Crippen molar-refractivity contribution in [1.29, 1.82) is 0 Å². The highest BCUT2D eigenvalue weighted by atomic mass is 16.6. The van der Waals surface area contributed by atoms with Crippen LogP contribution in [-0.4, -0.2) is 26.9 Å². The van der Waals surface area contributed by atoms with Gasteiger partial charge in [0.2, 0.25) is 5.69 Å². The van der Waals surface area contributed by atoms with E-state index in [0.29, 0.717) is 22.5 Å². The highest BCUT2D eigenvalue weighted by molar-refractivity contribution is 6.09. The van der Waals surface area contributed by atoms with Gasteiger partial charge in [-0.2, -0.15) is 5.10 Å². The molecule has 0 saturated carbocycles. The number of H-pyrrole nitrogens is 1. The zero-order valence-corrected chi connectivity index (χ0v) is 15.1. The van der Waals surface area contributed by atoms with Crippen LogP contribution in [0.4, 0.5) is 17.1 Å². The van der Waals surface area contributed by atoms with Crippen LogP contribution < -0.4 is 10.6 Å². The number of benzene rings is 2. The van der Waals surface area contributed by atoms with Crippen molar-refractivity contribution in [2.45, 2.75) is 13.8 Å². The molecule has 0 aliphatic heterocycles. The third-order valence-electron chi connectivity index (χ3n) is 4.17. The lowest BCUT2D eigenvalue weighted by atomic mass is 10.1. The van der Waals surface area contributed by atoms with Gasteiger partial charge < -0.3 is 10.6 Å². The Bertz CT molecular complexity index is 1060. The fraction of sp³-hybridized carbons (Fsp3) is 0.105. The van der Waals surface area contributed by atoms with Crippen molar-refractivity contribution < 1.29 is 14.5 Å². The van der Waals surface area contributed by atoms with Gasteiger partial charge in [-0.25, -0.2) is 0 Å². The molecule has 0 spiro atoms. The molecule has 3 rings (SSSR count). The molecular formula is C19H17N5O4. The molecular weight excluding hydrogens is 362 g/mol. The van der Waals surface area contributed by atoms with Crippen molar-refractivity contribution >= 4 is 28.9 Å². The normalized spacial score (nSPS) is 10.4. The number of nitrogens with zero attached hydrogens (tertiary/aromatic N) is 2. The number of para-hydroxylation sites is 1. The van der Waals surface area contributed by atoms with Crippen molar-refractivity contribution in [2.75, 3.05) is 10.6 Å². The number of aryl methyl sites for hydroxylation is 1. The molecule has 2 aromatic carbocycles. The van der Waals surface area contributed by atoms with Crippen LogP contribution in [0.3, 0.4) is 0 Å². The Morgan fingerprint density at radius 3 is 2.39 bits per heavy atom. The van der Waals surface area contributed by atoms with E-state index in [1.165, 1.54) is 6.92 Å². The summed E-state index contributed by atoms with van der Waals surface area (Å²) in [6.45, 7) is 3.14. The number of nitrogens with one attached hydrogen (secondary N) is 3. The molecule has 0 fully saturated rings. The Labute approximate surface area is 159 Å². The van der Waals surface area contributed by atoms with Crippen LogP contribution >= 0.6 is 0 Å². The summed E-state index contributed by atoms with van der Waals surface area (Å²) in [5.74, 6) is -1.07. The average Bonchev–Trinajstić information content (AvgIpc) is 3.06. The molecule has 1 aromatic heterocycles. The largest absolute Gasteiger partial charge is 0.322 e. The second kappa shape index (κ2) is 7.70. The molecule has 142 valence electrons. The lowest BCUT2D eigenvalue weighted by Crippen LogP contribution is -2.18. The quantitative estimate of drug-likeness (QED) is 0.462. The van der Waals surface area contributed by atoms with Gasteiger partial charge in [-0.3, -0.25) is 24.8 Å². The van der Waals surface area contributed by atoms with E-state index >= 15 is 0 Å². The Morgan fingerprint density at radius 2 is 1.71 bits per heavy atom. The summed E-state index contributed by atoms with van der Waals surface area (Å²) < 4.78 is 0. The lowest BCUT2D eigenvalue weighted by Gasteiger charge is -2.12. The average molecular weight is 379 g/mol. The second-order valence-electron chi connectivity index (χ2n) is 6.06. The maximum absolute atomic E-state index is 12.6. The van der Waals surface area contributed by atoms with Crippen LogP contribution in [0.5, 0.6) is 0 Å². The predicted molar refractivity (Wildman–Crippen MR) is 104 cm³/mol. The molecule has 0 saturated heterocycles. The Balaban J connectivity index is 1.84. The molecule has 2 amide bonds.